The van der Waals surface area contributed by atoms with E-state index in [9.17, 15) is 34.8 Å². The van der Waals surface area contributed by atoms with Gasteiger partial charge < -0.3 is 53.6 Å². The van der Waals surface area contributed by atoms with Crippen LogP contribution in [0.5, 0.6) is 0 Å². The fourth-order valence-corrected chi connectivity index (χ4v) is 5.50. The molecule has 14 nitrogen and oxygen atoms in total. The molecule has 4 N–H and O–H groups in total. The predicted molar refractivity (Wildman–Crippen MR) is 171 cm³/mol. The van der Waals surface area contributed by atoms with E-state index in [1.807, 2.05) is 0 Å². The monoisotopic (exact) mass is 694 g/mol. The first kappa shape index (κ1) is 36.8. The molecule has 0 aliphatic carbocycles. The van der Waals surface area contributed by atoms with Crippen LogP contribution < -0.4 is 0 Å². The van der Waals surface area contributed by atoms with Crippen molar-refractivity contribution >= 4 is 17.9 Å². The molecule has 10 atom stereocenters. The van der Waals surface area contributed by atoms with Crippen LogP contribution in [0, 0.1) is 0 Å². The second kappa shape index (κ2) is 17.4. The van der Waals surface area contributed by atoms with Crippen LogP contribution in [-0.2, 0) is 33.2 Å². The van der Waals surface area contributed by atoms with Gasteiger partial charge in [0.1, 0.15) is 43.2 Å². The summed E-state index contributed by atoms with van der Waals surface area (Å²) in [5.41, 5.74) is 0.413. The fraction of sp³-hybridized carbons (Fsp3) is 0.361. The minimum atomic E-state index is -1.94. The van der Waals surface area contributed by atoms with Crippen LogP contribution in [0.25, 0.3) is 0 Å². The minimum absolute atomic E-state index is 0.0880. The molecule has 0 amide bonds. The molecule has 2 aliphatic heterocycles. The highest BCUT2D eigenvalue weighted by atomic mass is 16.7. The van der Waals surface area contributed by atoms with Gasteiger partial charge >= 0.3 is 17.9 Å². The van der Waals surface area contributed by atoms with Crippen LogP contribution >= 0.6 is 0 Å². The summed E-state index contributed by atoms with van der Waals surface area (Å²) in [7, 11) is 0. The van der Waals surface area contributed by atoms with Crippen molar-refractivity contribution in [2.45, 2.75) is 61.4 Å². The zero-order valence-electron chi connectivity index (χ0n) is 26.7. The van der Waals surface area contributed by atoms with Crippen LogP contribution in [0.4, 0.5) is 0 Å². The number of aliphatic hydroxyl groups is 4. The van der Waals surface area contributed by atoms with Gasteiger partial charge in [0.05, 0.1) is 29.9 Å². The van der Waals surface area contributed by atoms with Crippen molar-refractivity contribution in [3.63, 3.8) is 0 Å². The highest BCUT2D eigenvalue weighted by Crippen LogP contribution is 2.33. The van der Waals surface area contributed by atoms with Gasteiger partial charge in [0.2, 0.25) is 0 Å². The van der Waals surface area contributed by atoms with Crippen molar-refractivity contribution in [1.29, 1.82) is 0 Å². The third-order valence-electron chi connectivity index (χ3n) is 8.02. The first-order chi connectivity index (χ1) is 24.2. The lowest BCUT2D eigenvalue weighted by Crippen LogP contribution is -2.66. The van der Waals surface area contributed by atoms with E-state index in [0.29, 0.717) is 0 Å². The molecule has 0 radical (unpaired) electrons. The summed E-state index contributed by atoms with van der Waals surface area (Å²) in [5, 5.41) is 43.2. The van der Waals surface area contributed by atoms with E-state index < -0.39 is 92.5 Å². The van der Waals surface area contributed by atoms with E-state index in [1.54, 1.807) is 54.6 Å². The third-order valence-corrected chi connectivity index (χ3v) is 8.02. The van der Waals surface area contributed by atoms with Crippen molar-refractivity contribution in [2.24, 2.45) is 0 Å². The summed E-state index contributed by atoms with van der Waals surface area (Å²) in [6.07, 6.45) is -14.5. The summed E-state index contributed by atoms with van der Waals surface area (Å²) in [4.78, 5) is 39.6. The number of ether oxygens (including phenoxy) is 7. The Bertz CT molecular complexity index is 1550. The molecular weight excluding hydrogens is 656 g/mol. The van der Waals surface area contributed by atoms with Crippen molar-refractivity contribution in [2.75, 3.05) is 19.8 Å². The first-order valence-corrected chi connectivity index (χ1v) is 15.8. The number of hydrogen-bond donors (Lipinski definition) is 4. The molecule has 2 aliphatic rings. The summed E-state index contributed by atoms with van der Waals surface area (Å²) >= 11 is 0. The molecule has 5 rings (SSSR count). The average molecular weight is 695 g/mol. The third kappa shape index (κ3) is 8.79. The molecule has 2 fully saturated rings. The van der Waals surface area contributed by atoms with Gasteiger partial charge in [-0.1, -0.05) is 60.7 Å². The van der Waals surface area contributed by atoms with Gasteiger partial charge in [0.25, 0.3) is 0 Å². The molecule has 0 unspecified atom stereocenters. The molecule has 0 bridgehead atoms. The van der Waals surface area contributed by atoms with Crippen LogP contribution in [0.1, 0.15) is 31.1 Å². The zero-order chi connectivity index (χ0) is 35.6. The number of esters is 3. The molecule has 3 aromatic carbocycles. The van der Waals surface area contributed by atoms with Gasteiger partial charge in [-0.15, -0.1) is 6.58 Å². The van der Waals surface area contributed by atoms with Crippen molar-refractivity contribution in [1.82, 2.24) is 0 Å². The molecule has 2 heterocycles. The maximum absolute atomic E-state index is 13.5. The van der Waals surface area contributed by atoms with E-state index in [-0.39, 0.29) is 23.3 Å². The second-order valence-corrected chi connectivity index (χ2v) is 11.4. The minimum Gasteiger partial charge on any atom is -0.459 e. The quantitative estimate of drug-likeness (QED) is 0.114. The Hall–Kier alpha value is -4.51. The Morgan fingerprint density at radius 3 is 1.70 bits per heavy atom. The van der Waals surface area contributed by atoms with E-state index >= 15 is 0 Å². The summed E-state index contributed by atoms with van der Waals surface area (Å²) in [6.45, 7) is 2.19. The van der Waals surface area contributed by atoms with Crippen molar-refractivity contribution in [3.05, 3.63) is 120 Å². The largest absolute Gasteiger partial charge is 0.459 e. The predicted octanol–water partition coefficient (Wildman–Crippen LogP) is 1.41. The normalized spacial score (nSPS) is 29.4. The SMILES string of the molecule is C=CCO[C@H]1[C@@H](O)[C@@H](CO)O[C@@H](O[C@@H]2[C@H](OC(=O)c3ccccc3)[C@@H](OC(=O)c3ccccc3)[C@@H](O)O[C@@H]2COC(=O)c2ccccc2)[C@@H]1O. The summed E-state index contributed by atoms with van der Waals surface area (Å²) < 4.78 is 40.3. The smallest absolute Gasteiger partial charge is 0.338 e. The van der Waals surface area contributed by atoms with Crippen LogP contribution in [0.15, 0.2) is 104 Å². The Labute approximate surface area is 287 Å². The highest BCUT2D eigenvalue weighted by Gasteiger charge is 2.54. The molecule has 2 saturated heterocycles. The number of carbonyl (C=O) groups excluding carboxylic acids is 3. The van der Waals surface area contributed by atoms with Crippen LogP contribution in [0.2, 0.25) is 0 Å². The van der Waals surface area contributed by atoms with Gasteiger partial charge in [0.15, 0.2) is 24.8 Å². The molecule has 0 aromatic heterocycles. The van der Waals surface area contributed by atoms with Gasteiger partial charge in [0, 0.05) is 0 Å². The Kier molecular flexibility index (Phi) is 12.8. The van der Waals surface area contributed by atoms with E-state index in [1.165, 1.54) is 42.5 Å². The lowest BCUT2D eigenvalue weighted by molar-refractivity contribution is -0.356. The topological polar surface area (TPSA) is 197 Å². The highest BCUT2D eigenvalue weighted by molar-refractivity contribution is 5.90. The van der Waals surface area contributed by atoms with Crippen molar-refractivity contribution in [3.8, 4) is 0 Å². The summed E-state index contributed by atoms with van der Waals surface area (Å²) in [6, 6.07) is 23.7. The average Bonchev–Trinajstić information content (AvgIpc) is 3.15. The van der Waals surface area contributed by atoms with E-state index in [0.717, 1.165) is 0 Å². The number of carbonyl (C=O) groups is 3. The number of aliphatic hydroxyl groups excluding tert-OH is 4. The van der Waals surface area contributed by atoms with Gasteiger partial charge in [-0.25, -0.2) is 14.4 Å². The van der Waals surface area contributed by atoms with Gasteiger partial charge in [-0.3, -0.25) is 0 Å². The first-order valence-electron chi connectivity index (χ1n) is 15.8. The maximum Gasteiger partial charge on any atom is 0.338 e. The molecule has 50 heavy (non-hydrogen) atoms. The van der Waals surface area contributed by atoms with Gasteiger partial charge in [-0.2, -0.15) is 0 Å². The Morgan fingerprint density at radius 1 is 0.660 bits per heavy atom. The molecule has 3 aromatic rings. The lowest BCUT2D eigenvalue weighted by atomic mass is 9.96. The molecule has 14 heteroatoms. The summed E-state index contributed by atoms with van der Waals surface area (Å²) in [5.74, 6) is -2.56. The number of hydrogen-bond acceptors (Lipinski definition) is 14. The van der Waals surface area contributed by atoms with Gasteiger partial charge in [-0.05, 0) is 36.4 Å². The molecule has 0 spiro atoms. The fourth-order valence-electron chi connectivity index (χ4n) is 5.50. The number of rotatable bonds is 13. The molecule has 0 saturated carbocycles. The standard InChI is InChI=1S/C36H38O14/c1-2-18-44-29-26(38)24(19-37)47-36(27(29)39)50-28-25(20-45-32(40)21-12-6-3-7-13-21)46-35(43)31(49-34(42)23-16-10-5-11-17-23)30(28)48-33(41)22-14-8-4-9-15-22/h2-17,24-31,35-39,43H,1,18-20H2/t24-,25-,26+,27-,28+,29+,30+,31-,35+,36+/m1/s1. The zero-order valence-corrected chi connectivity index (χ0v) is 26.7. The maximum atomic E-state index is 13.5. The van der Waals surface area contributed by atoms with Crippen LogP contribution in [-0.4, -0.2) is 120 Å². The van der Waals surface area contributed by atoms with Crippen molar-refractivity contribution < 1.29 is 68.0 Å². The Balaban J connectivity index is 1.51. The second-order valence-electron chi connectivity index (χ2n) is 11.4. The number of benzene rings is 3. The molecule has 266 valence electrons. The van der Waals surface area contributed by atoms with E-state index in [4.69, 9.17) is 33.2 Å². The van der Waals surface area contributed by atoms with Crippen LogP contribution in [0.3, 0.4) is 0 Å². The lowest BCUT2D eigenvalue weighted by Gasteiger charge is -2.47. The van der Waals surface area contributed by atoms with E-state index in [2.05, 4.69) is 6.58 Å². The Morgan fingerprint density at radius 2 is 1.18 bits per heavy atom. The molecular formula is C36H38O14.